The molecular weight excluding hydrogens is 478 g/mol. The molecule has 2 aromatic heterocycles. The van der Waals surface area contributed by atoms with E-state index in [1.54, 1.807) is 25.5 Å². The molecule has 0 saturated carbocycles. The normalized spacial score (nSPS) is 11.1. The number of amides is 1. The first-order valence-electron chi connectivity index (χ1n) is 12.3. The average molecular weight is 512 g/mol. The molecule has 9 nitrogen and oxygen atoms in total. The zero-order valence-corrected chi connectivity index (χ0v) is 22.2. The van der Waals surface area contributed by atoms with Gasteiger partial charge in [-0.25, -0.2) is 9.97 Å². The zero-order chi connectivity index (χ0) is 27.1. The molecule has 0 radical (unpaired) electrons. The molecule has 0 bridgehead atoms. The van der Waals surface area contributed by atoms with E-state index in [9.17, 15) is 4.79 Å². The van der Waals surface area contributed by atoms with Gasteiger partial charge in [-0.15, -0.1) is 0 Å². The Labute approximate surface area is 222 Å². The van der Waals surface area contributed by atoms with E-state index in [2.05, 4.69) is 50.4 Å². The van der Waals surface area contributed by atoms with Crippen molar-refractivity contribution >= 4 is 39.8 Å². The average Bonchev–Trinajstić information content (AvgIpc) is 3.27. The van der Waals surface area contributed by atoms with Crippen molar-refractivity contribution in [1.29, 1.82) is 0 Å². The molecule has 196 valence electrons. The van der Waals surface area contributed by atoms with Gasteiger partial charge in [0.25, 0.3) is 0 Å². The number of para-hydroxylation sites is 1. The van der Waals surface area contributed by atoms with Crippen molar-refractivity contribution in [2.75, 3.05) is 49.8 Å². The lowest BCUT2D eigenvalue weighted by molar-refractivity contribution is -0.111. The van der Waals surface area contributed by atoms with E-state index in [1.165, 1.54) is 6.08 Å². The van der Waals surface area contributed by atoms with Crippen LogP contribution in [0.25, 0.3) is 22.2 Å². The van der Waals surface area contributed by atoms with Crippen molar-refractivity contribution in [2.24, 2.45) is 7.05 Å². The summed E-state index contributed by atoms with van der Waals surface area (Å²) in [6.45, 7) is 5.13. The summed E-state index contributed by atoms with van der Waals surface area (Å²) in [5, 5.41) is 10.5. The molecular formula is C29H33N7O2. The summed E-state index contributed by atoms with van der Waals surface area (Å²) in [4.78, 5) is 23.8. The van der Waals surface area contributed by atoms with Crippen molar-refractivity contribution in [3.8, 4) is 17.0 Å². The number of carbonyl (C=O) groups excluding carboxylic acids is 1. The van der Waals surface area contributed by atoms with Crippen LogP contribution in [0, 0.1) is 0 Å². The van der Waals surface area contributed by atoms with Gasteiger partial charge in [0.05, 0.1) is 29.9 Å². The van der Waals surface area contributed by atoms with Crippen LogP contribution in [-0.4, -0.2) is 54.7 Å². The summed E-state index contributed by atoms with van der Waals surface area (Å²) in [7, 11) is 7.49. The number of ether oxygens (including phenoxy) is 1. The van der Waals surface area contributed by atoms with E-state index in [-0.39, 0.29) is 5.91 Å². The van der Waals surface area contributed by atoms with Crippen LogP contribution in [0.15, 0.2) is 79.7 Å². The number of rotatable bonds is 11. The Kier molecular flexibility index (Phi) is 8.40. The second-order valence-electron chi connectivity index (χ2n) is 8.74. The number of fused-ring (bicyclic) bond motifs is 1. The molecule has 0 fully saturated rings. The number of methoxy groups -OCH3 is 1. The monoisotopic (exact) mass is 511 g/mol. The van der Waals surface area contributed by atoms with Gasteiger partial charge in [-0.2, -0.15) is 0 Å². The quantitative estimate of drug-likeness (QED) is 0.198. The SMILES string of the molecule is C=C/C=C\C(=O)Nc1cc(Nc2nccc(-c3cn(C)c4ccccc34)n2)c(OC)cc1N(C)CCNC. The fourth-order valence-electron chi connectivity index (χ4n) is 4.22. The van der Waals surface area contributed by atoms with Crippen LogP contribution in [0.1, 0.15) is 0 Å². The van der Waals surface area contributed by atoms with E-state index < -0.39 is 0 Å². The highest BCUT2D eigenvalue weighted by atomic mass is 16.5. The second kappa shape index (κ2) is 12.1. The number of carbonyl (C=O) groups is 1. The van der Waals surface area contributed by atoms with Gasteiger partial charge in [0.15, 0.2) is 0 Å². The van der Waals surface area contributed by atoms with Crippen LogP contribution >= 0.6 is 0 Å². The first-order chi connectivity index (χ1) is 18.4. The van der Waals surface area contributed by atoms with Gasteiger partial charge in [-0.05, 0) is 25.2 Å². The molecule has 0 aliphatic heterocycles. The number of benzene rings is 2. The smallest absolute Gasteiger partial charge is 0.248 e. The summed E-state index contributed by atoms with van der Waals surface area (Å²) in [6, 6.07) is 13.8. The molecule has 0 aliphatic carbocycles. The number of aryl methyl sites for hydroxylation is 1. The van der Waals surface area contributed by atoms with E-state index in [0.29, 0.717) is 23.1 Å². The number of hydrogen-bond acceptors (Lipinski definition) is 7. The summed E-state index contributed by atoms with van der Waals surface area (Å²) in [6.07, 6.45) is 8.37. The van der Waals surface area contributed by atoms with Gasteiger partial charge in [0.1, 0.15) is 5.75 Å². The molecule has 0 saturated heterocycles. The minimum absolute atomic E-state index is 0.265. The molecule has 4 rings (SSSR count). The highest BCUT2D eigenvalue weighted by Gasteiger charge is 2.17. The van der Waals surface area contributed by atoms with E-state index in [4.69, 9.17) is 9.72 Å². The van der Waals surface area contributed by atoms with Crippen molar-refractivity contribution in [3.63, 3.8) is 0 Å². The largest absolute Gasteiger partial charge is 0.494 e. The first kappa shape index (κ1) is 26.4. The molecule has 0 aliphatic rings. The minimum Gasteiger partial charge on any atom is -0.494 e. The zero-order valence-electron chi connectivity index (χ0n) is 22.2. The Balaban J connectivity index is 1.71. The van der Waals surface area contributed by atoms with Crippen molar-refractivity contribution < 1.29 is 9.53 Å². The maximum Gasteiger partial charge on any atom is 0.248 e. The minimum atomic E-state index is -0.265. The Morgan fingerprint density at radius 3 is 2.79 bits per heavy atom. The Morgan fingerprint density at radius 1 is 1.21 bits per heavy atom. The second-order valence-corrected chi connectivity index (χ2v) is 8.74. The summed E-state index contributed by atoms with van der Waals surface area (Å²) < 4.78 is 7.80. The molecule has 38 heavy (non-hydrogen) atoms. The van der Waals surface area contributed by atoms with Gasteiger partial charge < -0.3 is 30.2 Å². The van der Waals surface area contributed by atoms with Crippen LogP contribution < -0.4 is 25.6 Å². The van der Waals surface area contributed by atoms with Gasteiger partial charge >= 0.3 is 0 Å². The third-order valence-electron chi connectivity index (χ3n) is 6.14. The fraction of sp³-hybridized carbons (Fsp3) is 0.207. The van der Waals surface area contributed by atoms with Crippen LogP contribution in [-0.2, 0) is 11.8 Å². The molecule has 2 heterocycles. The molecule has 0 unspecified atom stereocenters. The highest BCUT2D eigenvalue weighted by molar-refractivity contribution is 6.02. The highest BCUT2D eigenvalue weighted by Crippen LogP contribution is 2.38. The van der Waals surface area contributed by atoms with Crippen molar-refractivity contribution in [2.45, 2.75) is 0 Å². The van der Waals surface area contributed by atoms with Gasteiger partial charge in [-0.1, -0.05) is 36.9 Å². The maximum absolute atomic E-state index is 12.5. The number of allylic oxidation sites excluding steroid dienone is 2. The van der Waals surface area contributed by atoms with Crippen molar-refractivity contribution in [3.05, 3.63) is 79.7 Å². The Morgan fingerprint density at radius 2 is 2.03 bits per heavy atom. The van der Waals surface area contributed by atoms with Crippen LogP contribution in [0.4, 0.5) is 23.0 Å². The number of nitrogens with one attached hydrogen (secondary N) is 3. The van der Waals surface area contributed by atoms with Gasteiger partial charge in [0, 0.05) is 68.2 Å². The van der Waals surface area contributed by atoms with Gasteiger partial charge in [0.2, 0.25) is 11.9 Å². The molecule has 3 N–H and O–H groups in total. The van der Waals surface area contributed by atoms with Crippen LogP contribution in [0.5, 0.6) is 5.75 Å². The molecule has 1 amide bonds. The fourth-order valence-corrected chi connectivity index (χ4v) is 4.22. The molecule has 0 spiro atoms. The topological polar surface area (TPSA) is 96.3 Å². The molecule has 0 atom stereocenters. The summed E-state index contributed by atoms with van der Waals surface area (Å²) >= 11 is 0. The number of hydrogen-bond donors (Lipinski definition) is 3. The molecule has 4 aromatic rings. The maximum atomic E-state index is 12.5. The Bertz CT molecular complexity index is 1480. The lowest BCUT2D eigenvalue weighted by atomic mass is 10.1. The standard InChI is InChI=1S/C29H33N7O2/c1-6-7-12-28(37)32-23-17-24(27(38-5)18-26(23)35(3)16-15-30-2)34-29-31-14-13-22(33-29)21-19-36(4)25-11-9-8-10-20(21)25/h6-14,17-19,30H,1,15-16H2,2-5H3,(H,32,37)(H,31,33,34)/b12-7-. The van der Waals surface area contributed by atoms with Crippen LogP contribution in [0.2, 0.25) is 0 Å². The summed E-state index contributed by atoms with van der Waals surface area (Å²) in [5.41, 5.74) is 5.00. The number of anilines is 4. The van der Waals surface area contributed by atoms with E-state index >= 15 is 0 Å². The molecule has 2 aromatic carbocycles. The Hall–Kier alpha value is -4.63. The third-order valence-corrected chi connectivity index (χ3v) is 6.14. The van der Waals surface area contributed by atoms with E-state index in [1.807, 2.05) is 56.4 Å². The lowest BCUT2D eigenvalue weighted by Crippen LogP contribution is -2.28. The molecule has 9 heteroatoms. The van der Waals surface area contributed by atoms with Crippen molar-refractivity contribution in [1.82, 2.24) is 19.9 Å². The lowest BCUT2D eigenvalue weighted by Gasteiger charge is -2.24. The number of aromatic nitrogens is 3. The first-order valence-corrected chi connectivity index (χ1v) is 12.3. The van der Waals surface area contributed by atoms with E-state index in [0.717, 1.165) is 40.9 Å². The summed E-state index contributed by atoms with van der Waals surface area (Å²) in [5.74, 6) is 0.738. The predicted octanol–water partition coefficient (Wildman–Crippen LogP) is 4.72. The van der Waals surface area contributed by atoms with Gasteiger partial charge in [-0.3, -0.25) is 4.79 Å². The van der Waals surface area contributed by atoms with Crippen LogP contribution in [0.3, 0.4) is 0 Å². The number of nitrogens with zero attached hydrogens (tertiary/aromatic N) is 4. The predicted molar refractivity (Wildman–Crippen MR) is 155 cm³/mol. The third kappa shape index (κ3) is 5.84. The number of likely N-dealkylation sites (N-methyl/N-ethyl adjacent to an activating group) is 2.